The Morgan fingerprint density at radius 2 is 1.77 bits per heavy atom. The summed E-state index contributed by atoms with van der Waals surface area (Å²) in [6, 6.07) is 4.29. The van der Waals surface area contributed by atoms with E-state index in [1.165, 1.54) is 17.7 Å². The van der Waals surface area contributed by atoms with Gasteiger partial charge in [0.25, 0.3) is 0 Å². The van der Waals surface area contributed by atoms with E-state index in [2.05, 4.69) is 47.3 Å². The zero-order valence-corrected chi connectivity index (χ0v) is 16.6. The maximum Gasteiger partial charge on any atom is 0.233 e. The Labute approximate surface area is 157 Å². The molecule has 4 heteroatoms. The second-order valence-corrected chi connectivity index (χ2v) is 9.11. The van der Waals surface area contributed by atoms with Gasteiger partial charge in [-0.1, -0.05) is 26.0 Å². The molecule has 4 rings (SSSR count). The van der Waals surface area contributed by atoms with Crippen LogP contribution in [0, 0.1) is 30.6 Å². The van der Waals surface area contributed by atoms with Gasteiger partial charge in [0.15, 0.2) is 0 Å². The summed E-state index contributed by atoms with van der Waals surface area (Å²) in [4.78, 5) is 22.4. The molecule has 1 amide bonds. The molecule has 3 aliphatic rings. The zero-order chi connectivity index (χ0) is 18.7. The SMILES string of the molecule is C=C1C(C)(C)[C@@H]2CC[C@@]1(C(=O)N1CCN(c3cc(C)nc(C)c3)CC1)C2. The standard InChI is InChI=1S/C22H31N3O/c1-15-12-19(13-16(2)23-15)24-8-10-25(11-9-24)20(26)22-7-6-18(14-22)21(4,5)17(22)3/h12-13,18H,3,6-11,14H2,1-2,4-5H3/t18-,22-/m1/s1. The van der Waals surface area contributed by atoms with Gasteiger partial charge in [-0.25, -0.2) is 0 Å². The highest BCUT2D eigenvalue weighted by Gasteiger charge is 2.61. The number of fused-ring (bicyclic) bond motifs is 2. The van der Waals surface area contributed by atoms with Crippen molar-refractivity contribution in [1.82, 2.24) is 9.88 Å². The van der Waals surface area contributed by atoms with E-state index < -0.39 is 0 Å². The third-order valence-electron chi connectivity index (χ3n) is 7.30. The van der Waals surface area contributed by atoms with E-state index in [1.807, 2.05) is 13.8 Å². The predicted octanol–water partition coefficient (Wildman–Crippen LogP) is 3.73. The monoisotopic (exact) mass is 353 g/mol. The second-order valence-electron chi connectivity index (χ2n) is 9.11. The van der Waals surface area contributed by atoms with Crippen molar-refractivity contribution in [2.75, 3.05) is 31.1 Å². The van der Waals surface area contributed by atoms with E-state index in [0.717, 1.165) is 50.4 Å². The molecule has 140 valence electrons. The quantitative estimate of drug-likeness (QED) is 0.760. The summed E-state index contributed by atoms with van der Waals surface area (Å²) in [6.07, 6.45) is 3.19. The van der Waals surface area contributed by atoms with Gasteiger partial charge < -0.3 is 9.80 Å². The third kappa shape index (κ3) is 2.49. The highest BCUT2D eigenvalue weighted by Crippen LogP contribution is 2.65. The van der Waals surface area contributed by atoms with Crippen LogP contribution < -0.4 is 4.90 Å². The molecule has 1 aliphatic heterocycles. The van der Waals surface area contributed by atoms with E-state index in [1.54, 1.807) is 0 Å². The van der Waals surface area contributed by atoms with E-state index in [0.29, 0.717) is 11.8 Å². The minimum absolute atomic E-state index is 0.113. The van der Waals surface area contributed by atoms with Crippen molar-refractivity contribution in [3.63, 3.8) is 0 Å². The zero-order valence-electron chi connectivity index (χ0n) is 16.6. The smallest absolute Gasteiger partial charge is 0.233 e. The lowest BCUT2D eigenvalue weighted by Gasteiger charge is -2.42. The molecular formula is C22H31N3O. The van der Waals surface area contributed by atoms with Crippen LogP contribution in [0.1, 0.15) is 44.5 Å². The number of carbonyl (C=O) groups is 1. The summed E-state index contributed by atoms with van der Waals surface area (Å²) in [6.45, 7) is 16.4. The molecule has 0 unspecified atom stereocenters. The average molecular weight is 354 g/mol. The average Bonchev–Trinajstić information content (AvgIpc) is 3.13. The van der Waals surface area contributed by atoms with E-state index in [-0.39, 0.29) is 10.8 Å². The Balaban J connectivity index is 1.47. The van der Waals surface area contributed by atoms with Gasteiger partial charge in [0.2, 0.25) is 5.91 Å². The number of anilines is 1. The summed E-state index contributed by atoms with van der Waals surface area (Å²) in [7, 11) is 0. The number of rotatable bonds is 2. The van der Waals surface area contributed by atoms with Crippen LogP contribution in [0.25, 0.3) is 0 Å². The summed E-state index contributed by atoms with van der Waals surface area (Å²) < 4.78 is 0. The Hall–Kier alpha value is -1.84. The molecule has 1 aromatic heterocycles. The van der Waals surface area contributed by atoms with E-state index in [4.69, 9.17) is 0 Å². The lowest BCUT2D eigenvalue weighted by Crippen LogP contribution is -2.53. The van der Waals surface area contributed by atoms with Crippen LogP contribution in [0.5, 0.6) is 0 Å². The normalized spacial score (nSPS) is 30.2. The van der Waals surface area contributed by atoms with E-state index in [9.17, 15) is 4.79 Å². The molecule has 2 saturated carbocycles. The number of nitrogens with zero attached hydrogens (tertiary/aromatic N) is 3. The number of piperazine rings is 1. The first kappa shape index (κ1) is 17.6. The molecule has 0 N–H and O–H groups in total. The highest BCUT2D eigenvalue weighted by atomic mass is 16.2. The molecule has 26 heavy (non-hydrogen) atoms. The molecule has 1 aromatic rings. The van der Waals surface area contributed by atoms with Gasteiger partial charge in [0.1, 0.15) is 0 Å². The molecule has 4 nitrogen and oxygen atoms in total. The molecule has 2 atom stereocenters. The Morgan fingerprint density at radius 1 is 1.15 bits per heavy atom. The van der Waals surface area contributed by atoms with Crippen molar-refractivity contribution in [2.24, 2.45) is 16.7 Å². The first-order valence-corrected chi connectivity index (χ1v) is 9.93. The fourth-order valence-corrected chi connectivity index (χ4v) is 5.59. The minimum Gasteiger partial charge on any atom is -0.368 e. The number of hydrogen-bond donors (Lipinski definition) is 0. The van der Waals surface area contributed by atoms with Crippen LogP contribution >= 0.6 is 0 Å². The van der Waals surface area contributed by atoms with Crippen molar-refractivity contribution in [1.29, 1.82) is 0 Å². The fraction of sp³-hybridized carbons (Fsp3) is 0.636. The molecule has 2 bridgehead atoms. The largest absolute Gasteiger partial charge is 0.368 e. The van der Waals surface area contributed by atoms with Gasteiger partial charge in [0.05, 0.1) is 5.41 Å². The molecule has 0 aromatic carbocycles. The maximum atomic E-state index is 13.5. The van der Waals surface area contributed by atoms with Crippen molar-refractivity contribution in [3.05, 3.63) is 35.7 Å². The van der Waals surface area contributed by atoms with Gasteiger partial charge in [-0.2, -0.15) is 0 Å². The van der Waals surface area contributed by atoms with Crippen LogP contribution in [-0.4, -0.2) is 42.0 Å². The molecular weight excluding hydrogens is 322 g/mol. The van der Waals surface area contributed by atoms with Crippen molar-refractivity contribution < 1.29 is 4.79 Å². The van der Waals surface area contributed by atoms with Crippen molar-refractivity contribution in [3.8, 4) is 0 Å². The van der Waals surface area contributed by atoms with Crippen LogP contribution in [0.4, 0.5) is 5.69 Å². The number of carbonyl (C=O) groups excluding carboxylic acids is 1. The molecule has 2 aliphatic carbocycles. The predicted molar refractivity (Wildman–Crippen MR) is 105 cm³/mol. The first-order valence-electron chi connectivity index (χ1n) is 9.93. The molecule has 2 heterocycles. The topological polar surface area (TPSA) is 36.4 Å². The second kappa shape index (κ2) is 5.83. The minimum atomic E-state index is -0.278. The Bertz CT molecular complexity index is 740. The number of aryl methyl sites for hydroxylation is 2. The van der Waals surface area contributed by atoms with Gasteiger partial charge in [0, 0.05) is 43.3 Å². The fourth-order valence-electron chi connectivity index (χ4n) is 5.59. The summed E-state index contributed by atoms with van der Waals surface area (Å²) in [5, 5.41) is 0. The van der Waals surface area contributed by atoms with Crippen molar-refractivity contribution >= 4 is 11.6 Å². The van der Waals surface area contributed by atoms with Gasteiger partial charge in [-0.05, 0) is 56.6 Å². The van der Waals surface area contributed by atoms with Crippen LogP contribution in [-0.2, 0) is 4.79 Å². The molecule has 1 saturated heterocycles. The lowest BCUT2D eigenvalue weighted by molar-refractivity contribution is -0.140. The summed E-state index contributed by atoms with van der Waals surface area (Å²) >= 11 is 0. The number of amides is 1. The molecule has 3 fully saturated rings. The van der Waals surface area contributed by atoms with Gasteiger partial charge in [-0.15, -0.1) is 0 Å². The molecule has 0 radical (unpaired) electrons. The lowest BCUT2D eigenvalue weighted by atomic mass is 9.68. The van der Waals surface area contributed by atoms with Crippen LogP contribution in [0.2, 0.25) is 0 Å². The first-order chi connectivity index (χ1) is 12.2. The molecule has 0 spiro atoms. The van der Waals surface area contributed by atoms with Gasteiger partial charge in [-0.3, -0.25) is 9.78 Å². The third-order valence-corrected chi connectivity index (χ3v) is 7.30. The highest BCUT2D eigenvalue weighted by molar-refractivity contribution is 5.88. The Kier molecular flexibility index (Phi) is 3.94. The maximum absolute atomic E-state index is 13.5. The van der Waals surface area contributed by atoms with Crippen LogP contribution in [0.3, 0.4) is 0 Å². The van der Waals surface area contributed by atoms with Crippen molar-refractivity contribution in [2.45, 2.75) is 47.0 Å². The van der Waals surface area contributed by atoms with Gasteiger partial charge >= 0.3 is 0 Å². The van der Waals surface area contributed by atoms with E-state index >= 15 is 0 Å². The Morgan fingerprint density at radius 3 is 2.31 bits per heavy atom. The number of aromatic nitrogens is 1. The number of pyridine rings is 1. The summed E-state index contributed by atoms with van der Waals surface area (Å²) in [5.74, 6) is 0.973. The van der Waals surface area contributed by atoms with Crippen LogP contribution in [0.15, 0.2) is 24.3 Å². The summed E-state index contributed by atoms with van der Waals surface area (Å²) in [5.41, 5.74) is 4.36. The number of hydrogen-bond acceptors (Lipinski definition) is 3.